The van der Waals surface area contributed by atoms with E-state index < -0.39 is 17.6 Å². The summed E-state index contributed by atoms with van der Waals surface area (Å²) in [5.74, 6) is -1.24. The quantitative estimate of drug-likeness (QED) is 0.779. The zero-order valence-electron chi connectivity index (χ0n) is 7.81. The van der Waals surface area contributed by atoms with Crippen LogP contribution in [0.1, 0.15) is 17.5 Å². The second-order valence-corrected chi connectivity index (χ2v) is 3.10. The maximum Gasteiger partial charge on any atom is 0.419 e. The number of hydrogen-bond acceptors (Lipinski definition) is 1. The minimum absolute atomic E-state index is 0.0149. The number of aryl methyl sites for hydroxylation is 1. The van der Waals surface area contributed by atoms with Crippen LogP contribution in [-0.4, -0.2) is 11.7 Å². The lowest BCUT2D eigenvalue weighted by Gasteiger charge is -2.10. The van der Waals surface area contributed by atoms with Crippen LogP contribution in [0.4, 0.5) is 17.6 Å². The molecule has 0 bridgehead atoms. The average Bonchev–Trinajstić information content (AvgIpc) is 2.14. The fourth-order valence-corrected chi connectivity index (χ4v) is 1.26. The average molecular weight is 222 g/mol. The van der Waals surface area contributed by atoms with E-state index in [1.54, 1.807) is 0 Å². The third-order valence-corrected chi connectivity index (χ3v) is 1.99. The van der Waals surface area contributed by atoms with E-state index in [0.29, 0.717) is 6.07 Å². The first kappa shape index (κ1) is 12.0. The Hall–Kier alpha value is -1.10. The zero-order valence-corrected chi connectivity index (χ0v) is 7.81. The molecule has 0 aliphatic heterocycles. The molecular formula is C10H10F4O. The van der Waals surface area contributed by atoms with Gasteiger partial charge in [0.15, 0.2) is 0 Å². The lowest BCUT2D eigenvalue weighted by molar-refractivity contribution is -0.140. The zero-order chi connectivity index (χ0) is 11.5. The van der Waals surface area contributed by atoms with Gasteiger partial charge in [0.2, 0.25) is 0 Å². The van der Waals surface area contributed by atoms with Crippen LogP contribution < -0.4 is 0 Å². The minimum Gasteiger partial charge on any atom is -0.396 e. The number of hydrogen-bond donors (Lipinski definition) is 1. The molecule has 0 saturated carbocycles. The van der Waals surface area contributed by atoms with Crippen LogP contribution in [0, 0.1) is 5.82 Å². The highest BCUT2D eigenvalue weighted by Gasteiger charge is 2.34. The van der Waals surface area contributed by atoms with Gasteiger partial charge in [-0.3, -0.25) is 0 Å². The van der Waals surface area contributed by atoms with Gasteiger partial charge in [-0.25, -0.2) is 4.39 Å². The molecule has 0 fully saturated rings. The molecule has 84 valence electrons. The fourth-order valence-electron chi connectivity index (χ4n) is 1.26. The number of aliphatic hydroxyl groups is 1. The van der Waals surface area contributed by atoms with E-state index in [-0.39, 0.29) is 25.0 Å². The van der Waals surface area contributed by atoms with Gasteiger partial charge in [-0.05, 0) is 24.5 Å². The molecule has 0 radical (unpaired) electrons. The molecule has 0 spiro atoms. The Morgan fingerprint density at radius 1 is 1.20 bits per heavy atom. The SMILES string of the molecule is OCCCc1cccc(C(F)(F)F)c1F. The summed E-state index contributed by atoms with van der Waals surface area (Å²) in [6, 6.07) is 3.16. The van der Waals surface area contributed by atoms with Crippen molar-refractivity contribution in [3.05, 3.63) is 35.1 Å². The molecule has 0 unspecified atom stereocenters. The highest BCUT2D eigenvalue weighted by atomic mass is 19.4. The Balaban J connectivity index is 3.01. The third kappa shape index (κ3) is 2.92. The van der Waals surface area contributed by atoms with Gasteiger partial charge in [0.25, 0.3) is 0 Å². The van der Waals surface area contributed by atoms with Crippen molar-refractivity contribution in [2.24, 2.45) is 0 Å². The van der Waals surface area contributed by atoms with Crippen LogP contribution >= 0.6 is 0 Å². The first-order valence-corrected chi connectivity index (χ1v) is 4.42. The summed E-state index contributed by atoms with van der Waals surface area (Å²) in [4.78, 5) is 0. The van der Waals surface area contributed by atoms with Crippen LogP contribution in [0.5, 0.6) is 0 Å². The van der Waals surface area contributed by atoms with Crippen LogP contribution in [0.2, 0.25) is 0 Å². The number of alkyl halides is 3. The molecule has 0 atom stereocenters. The van der Waals surface area contributed by atoms with E-state index in [0.717, 1.165) is 0 Å². The maximum atomic E-state index is 13.3. The normalized spacial score (nSPS) is 11.8. The van der Waals surface area contributed by atoms with Gasteiger partial charge < -0.3 is 5.11 Å². The molecule has 0 amide bonds. The van der Waals surface area contributed by atoms with Gasteiger partial charge in [0.1, 0.15) is 5.82 Å². The molecule has 5 heteroatoms. The Kier molecular flexibility index (Phi) is 3.68. The summed E-state index contributed by atoms with van der Waals surface area (Å²) in [6.45, 7) is -0.171. The lowest BCUT2D eigenvalue weighted by Crippen LogP contribution is -2.10. The number of halogens is 4. The standard InChI is InChI=1S/C10H10F4O/c11-9-7(4-2-6-15)3-1-5-8(9)10(12,13)14/h1,3,5,15H,2,4,6H2. The number of aliphatic hydroxyl groups excluding tert-OH is 1. The summed E-state index contributed by atoms with van der Waals surface area (Å²) >= 11 is 0. The van der Waals surface area contributed by atoms with Crippen molar-refractivity contribution in [3.8, 4) is 0 Å². The number of rotatable bonds is 3. The van der Waals surface area contributed by atoms with E-state index in [1.807, 2.05) is 0 Å². The molecule has 0 heterocycles. The largest absolute Gasteiger partial charge is 0.419 e. The van der Waals surface area contributed by atoms with E-state index in [2.05, 4.69) is 0 Å². The van der Waals surface area contributed by atoms with Crippen LogP contribution in [0.25, 0.3) is 0 Å². The Morgan fingerprint density at radius 3 is 2.40 bits per heavy atom. The molecule has 1 nitrogen and oxygen atoms in total. The van der Waals surface area contributed by atoms with Crippen LogP contribution in [-0.2, 0) is 12.6 Å². The summed E-state index contributed by atoms with van der Waals surface area (Å²) < 4.78 is 50.1. The van der Waals surface area contributed by atoms with E-state index in [4.69, 9.17) is 5.11 Å². The van der Waals surface area contributed by atoms with E-state index >= 15 is 0 Å². The molecule has 1 rings (SSSR count). The van der Waals surface area contributed by atoms with E-state index in [1.165, 1.54) is 12.1 Å². The van der Waals surface area contributed by atoms with Crippen LogP contribution in [0.15, 0.2) is 18.2 Å². The van der Waals surface area contributed by atoms with Gasteiger partial charge >= 0.3 is 6.18 Å². The Bertz CT molecular complexity index is 333. The molecule has 0 aromatic heterocycles. The highest BCUT2D eigenvalue weighted by Crippen LogP contribution is 2.32. The van der Waals surface area contributed by atoms with Crippen molar-refractivity contribution in [1.29, 1.82) is 0 Å². The molecule has 0 saturated heterocycles. The van der Waals surface area contributed by atoms with Crippen molar-refractivity contribution in [1.82, 2.24) is 0 Å². The Labute approximate surface area is 84.3 Å². The highest BCUT2D eigenvalue weighted by molar-refractivity contribution is 5.28. The van der Waals surface area contributed by atoms with Crippen molar-refractivity contribution < 1.29 is 22.7 Å². The molecule has 1 aromatic carbocycles. The van der Waals surface area contributed by atoms with Gasteiger partial charge in [0, 0.05) is 6.61 Å². The predicted molar refractivity (Wildman–Crippen MR) is 46.8 cm³/mol. The van der Waals surface area contributed by atoms with E-state index in [9.17, 15) is 17.6 Å². The first-order valence-electron chi connectivity index (χ1n) is 4.42. The van der Waals surface area contributed by atoms with Gasteiger partial charge in [0.05, 0.1) is 5.56 Å². The second-order valence-electron chi connectivity index (χ2n) is 3.10. The second kappa shape index (κ2) is 4.61. The number of benzene rings is 1. The summed E-state index contributed by atoms with van der Waals surface area (Å²) in [5, 5.41) is 8.50. The predicted octanol–water partition coefficient (Wildman–Crippen LogP) is 2.77. The van der Waals surface area contributed by atoms with Gasteiger partial charge in [-0.1, -0.05) is 12.1 Å². The monoisotopic (exact) mass is 222 g/mol. The smallest absolute Gasteiger partial charge is 0.396 e. The summed E-state index contributed by atoms with van der Waals surface area (Å²) in [6.07, 6.45) is -4.32. The van der Waals surface area contributed by atoms with Gasteiger partial charge in [-0.2, -0.15) is 13.2 Å². The summed E-state index contributed by atoms with van der Waals surface area (Å²) in [7, 11) is 0. The lowest BCUT2D eigenvalue weighted by atomic mass is 10.1. The molecule has 1 aromatic rings. The Morgan fingerprint density at radius 2 is 1.87 bits per heavy atom. The van der Waals surface area contributed by atoms with Gasteiger partial charge in [-0.15, -0.1) is 0 Å². The maximum absolute atomic E-state index is 13.3. The van der Waals surface area contributed by atoms with Crippen molar-refractivity contribution in [3.63, 3.8) is 0 Å². The van der Waals surface area contributed by atoms with Crippen molar-refractivity contribution >= 4 is 0 Å². The molecular weight excluding hydrogens is 212 g/mol. The molecule has 0 aliphatic rings. The fraction of sp³-hybridized carbons (Fsp3) is 0.400. The van der Waals surface area contributed by atoms with Crippen LogP contribution in [0.3, 0.4) is 0 Å². The third-order valence-electron chi connectivity index (χ3n) is 1.99. The van der Waals surface area contributed by atoms with Crippen molar-refractivity contribution in [2.45, 2.75) is 19.0 Å². The topological polar surface area (TPSA) is 20.2 Å². The molecule has 1 N–H and O–H groups in total. The molecule has 0 aliphatic carbocycles. The molecule has 15 heavy (non-hydrogen) atoms. The van der Waals surface area contributed by atoms with Crippen molar-refractivity contribution in [2.75, 3.05) is 6.61 Å². The minimum atomic E-state index is -4.67. The first-order chi connectivity index (χ1) is 6.96. The summed E-state index contributed by atoms with van der Waals surface area (Å²) in [5.41, 5.74) is -1.27.